The maximum absolute atomic E-state index is 12.3. The summed E-state index contributed by atoms with van der Waals surface area (Å²) < 4.78 is 17.1. The van der Waals surface area contributed by atoms with Crippen LogP contribution in [0.1, 0.15) is 64.4 Å². The first-order valence-corrected chi connectivity index (χ1v) is 8.46. The molecule has 0 N–H and O–H groups in total. The molecule has 0 aliphatic carbocycles. The van der Waals surface area contributed by atoms with Crippen LogP contribution in [0.4, 0.5) is 0 Å². The van der Waals surface area contributed by atoms with Crippen molar-refractivity contribution in [3.63, 3.8) is 0 Å². The summed E-state index contributed by atoms with van der Waals surface area (Å²) in [6.07, 6.45) is 0. The highest BCUT2D eigenvalue weighted by Gasteiger charge is 2.52. The van der Waals surface area contributed by atoms with Crippen molar-refractivity contribution in [2.75, 3.05) is 7.11 Å². The zero-order valence-electron chi connectivity index (χ0n) is 15.7. The summed E-state index contributed by atoms with van der Waals surface area (Å²) in [5.41, 5.74) is 0.697. The van der Waals surface area contributed by atoms with Crippen molar-refractivity contribution in [1.82, 2.24) is 0 Å². The molecular formula is C18H26BClO4. The number of rotatable bonds is 2. The molecule has 4 nitrogen and oxygen atoms in total. The third-order valence-corrected chi connectivity index (χ3v) is 5.17. The van der Waals surface area contributed by atoms with Crippen molar-refractivity contribution in [1.29, 1.82) is 0 Å². The molecule has 0 amide bonds. The van der Waals surface area contributed by atoms with Gasteiger partial charge in [0.1, 0.15) is 0 Å². The molecule has 6 heteroatoms. The number of carbonyl (C=O) groups is 1. The van der Waals surface area contributed by atoms with Gasteiger partial charge in [-0.2, -0.15) is 0 Å². The number of carbonyl (C=O) groups excluding carboxylic acids is 1. The summed E-state index contributed by atoms with van der Waals surface area (Å²) in [5, 5.41) is 0.583. The summed E-state index contributed by atoms with van der Waals surface area (Å²) in [6, 6.07) is 3.55. The van der Waals surface area contributed by atoms with E-state index in [2.05, 4.69) is 0 Å². The van der Waals surface area contributed by atoms with Crippen molar-refractivity contribution < 1.29 is 18.8 Å². The molecule has 132 valence electrons. The lowest BCUT2D eigenvalue weighted by atomic mass is 9.73. The van der Waals surface area contributed by atoms with E-state index in [9.17, 15) is 4.79 Å². The first kappa shape index (κ1) is 19.3. The van der Waals surface area contributed by atoms with E-state index in [0.29, 0.717) is 16.0 Å². The van der Waals surface area contributed by atoms with Crippen LogP contribution >= 0.6 is 11.6 Å². The van der Waals surface area contributed by atoms with Crippen molar-refractivity contribution in [3.8, 4) is 0 Å². The Kier molecular flexibility index (Phi) is 4.86. The molecule has 1 aliphatic heterocycles. The van der Waals surface area contributed by atoms with Crippen LogP contribution in [-0.4, -0.2) is 31.4 Å². The molecule has 1 heterocycles. The molecule has 2 rings (SSSR count). The summed E-state index contributed by atoms with van der Waals surface area (Å²) >= 11 is 6.49. The number of hydrogen-bond donors (Lipinski definition) is 0. The molecular weight excluding hydrogens is 326 g/mol. The fourth-order valence-corrected chi connectivity index (χ4v) is 3.07. The van der Waals surface area contributed by atoms with Gasteiger partial charge in [-0.15, -0.1) is 0 Å². The second-order valence-corrected chi connectivity index (χ2v) is 8.66. The molecule has 0 unspecified atom stereocenters. The second-order valence-electron chi connectivity index (χ2n) is 8.25. The van der Waals surface area contributed by atoms with Crippen LogP contribution in [-0.2, 0) is 19.5 Å². The smallest absolute Gasteiger partial charge is 0.465 e. The van der Waals surface area contributed by atoms with Crippen molar-refractivity contribution in [3.05, 3.63) is 28.3 Å². The molecule has 0 atom stereocenters. The molecule has 1 saturated heterocycles. The largest absolute Gasteiger partial charge is 0.495 e. The van der Waals surface area contributed by atoms with E-state index in [4.69, 9.17) is 25.6 Å². The van der Waals surface area contributed by atoms with Crippen LogP contribution in [0.2, 0.25) is 5.02 Å². The highest BCUT2D eigenvalue weighted by Crippen LogP contribution is 2.38. The molecule has 0 saturated carbocycles. The summed E-state index contributed by atoms with van der Waals surface area (Å²) in [6.45, 7) is 14.0. The standard InChI is InChI=1S/C18H26BClO4/c1-16(2,3)12-9-11(15(21)22-8)13(10-14(12)20)19-23-17(4,5)18(6,7)24-19/h9-10H,1-8H3. The topological polar surface area (TPSA) is 44.8 Å². The minimum absolute atomic E-state index is 0.200. The molecule has 0 aromatic heterocycles. The van der Waals surface area contributed by atoms with Crippen molar-refractivity contribution in [2.45, 2.75) is 65.1 Å². The summed E-state index contributed by atoms with van der Waals surface area (Å²) in [7, 11) is 0.692. The SMILES string of the molecule is COC(=O)c1cc(C(C)(C)C)c(Cl)cc1B1OC(C)(C)C(C)(C)O1. The van der Waals surface area contributed by atoms with Crippen LogP contribution in [0.25, 0.3) is 0 Å². The maximum Gasteiger partial charge on any atom is 0.495 e. The summed E-state index contributed by atoms with van der Waals surface area (Å²) in [4.78, 5) is 12.3. The quantitative estimate of drug-likeness (QED) is 0.601. The lowest BCUT2D eigenvalue weighted by Crippen LogP contribution is -2.41. The minimum atomic E-state index is -0.671. The Bertz CT molecular complexity index is 646. The third kappa shape index (κ3) is 3.35. The number of halogens is 1. The fraction of sp³-hybridized carbons (Fsp3) is 0.611. The predicted octanol–water partition coefficient (Wildman–Crippen LogP) is 3.72. The first-order valence-electron chi connectivity index (χ1n) is 8.08. The molecule has 0 radical (unpaired) electrons. The van der Waals surface area contributed by atoms with Gasteiger partial charge in [-0.25, -0.2) is 4.79 Å². The van der Waals surface area contributed by atoms with E-state index >= 15 is 0 Å². The van der Waals surface area contributed by atoms with E-state index in [0.717, 1.165) is 5.56 Å². The highest BCUT2D eigenvalue weighted by molar-refractivity contribution is 6.64. The molecule has 1 aromatic carbocycles. The second kappa shape index (κ2) is 6.04. The number of methoxy groups -OCH3 is 1. The lowest BCUT2D eigenvalue weighted by Gasteiger charge is -2.32. The Balaban J connectivity index is 2.59. The molecule has 0 bridgehead atoms. The zero-order valence-corrected chi connectivity index (χ0v) is 16.5. The van der Waals surface area contributed by atoms with Crippen LogP contribution in [0.15, 0.2) is 12.1 Å². The number of hydrogen-bond acceptors (Lipinski definition) is 4. The first-order chi connectivity index (χ1) is 10.8. The van der Waals surface area contributed by atoms with Crippen LogP contribution in [0, 0.1) is 0 Å². The highest BCUT2D eigenvalue weighted by atomic mass is 35.5. The van der Waals surface area contributed by atoms with Crippen LogP contribution in [0.5, 0.6) is 0 Å². The van der Waals surface area contributed by atoms with E-state index in [1.54, 1.807) is 12.1 Å². The van der Waals surface area contributed by atoms with Crippen LogP contribution < -0.4 is 5.46 Å². The molecule has 0 spiro atoms. The van der Waals surface area contributed by atoms with Gasteiger partial charge in [0.25, 0.3) is 0 Å². The van der Waals surface area contributed by atoms with Gasteiger partial charge >= 0.3 is 13.1 Å². The van der Waals surface area contributed by atoms with Gasteiger partial charge in [-0.05, 0) is 56.3 Å². The van der Waals surface area contributed by atoms with Crippen molar-refractivity contribution >= 4 is 30.2 Å². The Hall–Kier alpha value is -1.04. The third-order valence-electron chi connectivity index (χ3n) is 4.86. The average Bonchev–Trinajstić information content (AvgIpc) is 2.65. The van der Waals surface area contributed by atoms with Gasteiger partial charge in [-0.1, -0.05) is 32.4 Å². The molecule has 1 fully saturated rings. The minimum Gasteiger partial charge on any atom is -0.465 e. The monoisotopic (exact) mass is 352 g/mol. The molecule has 1 aliphatic rings. The Morgan fingerprint density at radius 2 is 1.62 bits per heavy atom. The normalized spacial score (nSPS) is 19.5. The van der Waals surface area contributed by atoms with Gasteiger partial charge in [0.2, 0.25) is 0 Å². The number of benzene rings is 1. The summed E-state index contributed by atoms with van der Waals surface area (Å²) in [5.74, 6) is -0.429. The van der Waals surface area contributed by atoms with Gasteiger partial charge in [0.05, 0.1) is 23.9 Å². The Labute approximate surface area is 150 Å². The molecule has 24 heavy (non-hydrogen) atoms. The van der Waals surface area contributed by atoms with Gasteiger partial charge in [-0.3, -0.25) is 0 Å². The van der Waals surface area contributed by atoms with Crippen molar-refractivity contribution in [2.24, 2.45) is 0 Å². The zero-order chi connectivity index (χ0) is 18.5. The van der Waals surface area contributed by atoms with E-state index in [-0.39, 0.29) is 5.41 Å². The maximum atomic E-state index is 12.3. The van der Waals surface area contributed by atoms with E-state index < -0.39 is 24.3 Å². The van der Waals surface area contributed by atoms with Gasteiger partial charge in [0.15, 0.2) is 0 Å². The Morgan fingerprint density at radius 3 is 2.04 bits per heavy atom. The van der Waals surface area contributed by atoms with Gasteiger partial charge < -0.3 is 14.0 Å². The van der Waals surface area contributed by atoms with E-state index in [1.807, 2.05) is 48.5 Å². The molecule has 1 aromatic rings. The Morgan fingerprint density at radius 1 is 1.12 bits per heavy atom. The fourth-order valence-electron chi connectivity index (χ4n) is 2.62. The van der Waals surface area contributed by atoms with Crippen LogP contribution in [0.3, 0.4) is 0 Å². The van der Waals surface area contributed by atoms with E-state index in [1.165, 1.54) is 7.11 Å². The number of esters is 1. The predicted molar refractivity (Wildman–Crippen MR) is 97.2 cm³/mol. The average molecular weight is 353 g/mol. The number of ether oxygens (including phenoxy) is 1. The van der Waals surface area contributed by atoms with Gasteiger partial charge in [0, 0.05) is 5.02 Å². The lowest BCUT2D eigenvalue weighted by molar-refractivity contribution is 0.00578.